The smallest absolute Gasteiger partial charge is 0.113 e. The minimum atomic E-state index is 0.127. The molecule has 2 heterocycles. The Hall–Kier alpha value is -1.13. The molecule has 0 aliphatic rings. The number of hydrogen-bond acceptors (Lipinski definition) is 3. The number of nitrogens with zero attached hydrogens (tertiary/aromatic N) is 2. The summed E-state index contributed by atoms with van der Waals surface area (Å²) in [6, 6.07) is 4.08. The van der Waals surface area contributed by atoms with Gasteiger partial charge in [0.2, 0.25) is 0 Å². The molecular formula is C13H19N3S. The van der Waals surface area contributed by atoms with Crippen molar-refractivity contribution < 1.29 is 0 Å². The van der Waals surface area contributed by atoms with Crippen molar-refractivity contribution in [3.63, 3.8) is 0 Å². The van der Waals surface area contributed by atoms with Crippen molar-refractivity contribution in [1.82, 2.24) is 9.55 Å². The second-order valence-corrected chi connectivity index (χ2v) is 6.15. The summed E-state index contributed by atoms with van der Waals surface area (Å²) in [5, 5.41) is 3.29. The SMILES string of the molecule is CC(C)(C)c1csc(Cn2cccc2CN)n1. The normalized spacial score (nSPS) is 12.0. The third-order valence-corrected chi connectivity index (χ3v) is 3.59. The maximum absolute atomic E-state index is 5.69. The van der Waals surface area contributed by atoms with Crippen LogP contribution >= 0.6 is 11.3 Å². The van der Waals surface area contributed by atoms with Gasteiger partial charge in [-0.2, -0.15) is 0 Å². The van der Waals surface area contributed by atoms with Gasteiger partial charge in [-0.15, -0.1) is 11.3 Å². The number of hydrogen-bond donors (Lipinski definition) is 1. The molecule has 0 saturated heterocycles. The summed E-state index contributed by atoms with van der Waals surface area (Å²) in [4.78, 5) is 4.69. The predicted octanol–water partition coefficient (Wildman–Crippen LogP) is 2.75. The fourth-order valence-corrected chi connectivity index (χ4v) is 2.68. The zero-order chi connectivity index (χ0) is 12.5. The van der Waals surface area contributed by atoms with Crippen LogP contribution in [0.15, 0.2) is 23.7 Å². The van der Waals surface area contributed by atoms with Gasteiger partial charge < -0.3 is 10.3 Å². The molecule has 2 aromatic heterocycles. The summed E-state index contributed by atoms with van der Waals surface area (Å²) < 4.78 is 2.16. The van der Waals surface area contributed by atoms with Gasteiger partial charge in [0.25, 0.3) is 0 Å². The van der Waals surface area contributed by atoms with Gasteiger partial charge in [0.1, 0.15) is 5.01 Å². The van der Waals surface area contributed by atoms with E-state index in [1.54, 1.807) is 11.3 Å². The molecule has 2 aromatic rings. The van der Waals surface area contributed by atoms with Gasteiger partial charge in [-0.25, -0.2) is 4.98 Å². The quantitative estimate of drug-likeness (QED) is 0.909. The van der Waals surface area contributed by atoms with Crippen LogP contribution in [0.1, 0.15) is 37.2 Å². The Morgan fingerprint density at radius 3 is 2.76 bits per heavy atom. The van der Waals surface area contributed by atoms with Crippen LogP contribution in [0, 0.1) is 0 Å². The standard InChI is InChI=1S/C13H19N3S/c1-13(2,3)11-9-17-12(15-11)8-16-6-4-5-10(16)7-14/h4-6,9H,7-8,14H2,1-3H3. The van der Waals surface area contributed by atoms with Crippen LogP contribution in [0.3, 0.4) is 0 Å². The number of aromatic nitrogens is 2. The Balaban J connectivity index is 2.17. The first-order chi connectivity index (χ1) is 8.00. The first kappa shape index (κ1) is 12.3. The van der Waals surface area contributed by atoms with Crippen LogP contribution in [0.25, 0.3) is 0 Å². The van der Waals surface area contributed by atoms with Crippen LogP contribution in [0.5, 0.6) is 0 Å². The highest BCUT2D eigenvalue weighted by Gasteiger charge is 2.17. The third-order valence-electron chi connectivity index (χ3n) is 2.76. The second kappa shape index (κ2) is 4.63. The van der Waals surface area contributed by atoms with E-state index in [0.717, 1.165) is 17.2 Å². The van der Waals surface area contributed by atoms with Gasteiger partial charge in [0.15, 0.2) is 0 Å². The molecule has 0 aliphatic carbocycles. The van der Waals surface area contributed by atoms with Gasteiger partial charge in [-0.05, 0) is 12.1 Å². The Bertz CT molecular complexity index is 491. The Kier molecular flexibility index (Phi) is 3.35. The van der Waals surface area contributed by atoms with Crippen molar-refractivity contribution in [3.05, 3.63) is 40.1 Å². The molecule has 92 valence electrons. The molecular weight excluding hydrogens is 230 g/mol. The first-order valence-corrected chi connectivity index (χ1v) is 6.67. The average Bonchev–Trinajstić information content (AvgIpc) is 2.86. The molecule has 0 aliphatic heterocycles. The Morgan fingerprint density at radius 1 is 1.41 bits per heavy atom. The fourth-order valence-electron chi connectivity index (χ4n) is 1.66. The molecule has 0 aromatic carbocycles. The highest BCUT2D eigenvalue weighted by atomic mass is 32.1. The Labute approximate surface area is 106 Å². The van der Waals surface area contributed by atoms with E-state index in [1.165, 1.54) is 5.69 Å². The van der Waals surface area contributed by atoms with Gasteiger partial charge in [-0.1, -0.05) is 20.8 Å². The molecule has 0 spiro atoms. The molecule has 4 heteroatoms. The van der Waals surface area contributed by atoms with Gasteiger partial charge in [-0.3, -0.25) is 0 Å². The molecule has 0 atom stereocenters. The zero-order valence-corrected chi connectivity index (χ0v) is 11.4. The van der Waals surface area contributed by atoms with Crippen LogP contribution in [-0.2, 0) is 18.5 Å². The first-order valence-electron chi connectivity index (χ1n) is 5.79. The lowest BCUT2D eigenvalue weighted by molar-refractivity contribution is 0.569. The Morgan fingerprint density at radius 2 is 2.18 bits per heavy atom. The maximum atomic E-state index is 5.69. The van der Waals surface area contributed by atoms with Gasteiger partial charge in [0.05, 0.1) is 12.2 Å². The van der Waals surface area contributed by atoms with E-state index in [0.29, 0.717) is 6.54 Å². The highest BCUT2D eigenvalue weighted by molar-refractivity contribution is 7.09. The van der Waals surface area contributed by atoms with E-state index in [-0.39, 0.29) is 5.41 Å². The molecule has 3 nitrogen and oxygen atoms in total. The minimum absolute atomic E-state index is 0.127. The highest BCUT2D eigenvalue weighted by Crippen LogP contribution is 2.24. The summed E-state index contributed by atoms with van der Waals surface area (Å²) in [5.41, 5.74) is 8.13. The topological polar surface area (TPSA) is 43.8 Å². The van der Waals surface area contributed by atoms with E-state index in [9.17, 15) is 0 Å². The molecule has 17 heavy (non-hydrogen) atoms. The van der Waals surface area contributed by atoms with Gasteiger partial charge >= 0.3 is 0 Å². The summed E-state index contributed by atoms with van der Waals surface area (Å²) in [6.07, 6.45) is 2.06. The van der Waals surface area contributed by atoms with E-state index in [1.807, 2.05) is 6.07 Å². The summed E-state index contributed by atoms with van der Waals surface area (Å²) in [7, 11) is 0. The molecule has 0 radical (unpaired) electrons. The van der Waals surface area contributed by atoms with Crippen molar-refractivity contribution >= 4 is 11.3 Å². The number of thiazole rings is 1. The van der Waals surface area contributed by atoms with E-state index in [4.69, 9.17) is 5.73 Å². The van der Waals surface area contributed by atoms with E-state index < -0.39 is 0 Å². The molecule has 0 bridgehead atoms. The lowest BCUT2D eigenvalue weighted by Gasteiger charge is -2.14. The monoisotopic (exact) mass is 249 g/mol. The van der Waals surface area contributed by atoms with Crippen molar-refractivity contribution in [3.8, 4) is 0 Å². The average molecular weight is 249 g/mol. The lowest BCUT2D eigenvalue weighted by Crippen LogP contribution is -2.12. The molecule has 0 saturated carbocycles. The van der Waals surface area contributed by atoms with Crippen molar-refractivity contribution in [2.24, 2.45) is 5.73 Å². The van der Waals surface area contributed by atoms with Crippen LogP contribution in [0.2, 0.25) is 0 Å². The third kappa shape index (κ3) is 2.76. The van der Waals surface area contributed by atoms with Crippen LogP contribution in [0.4, 0.5) is 0 Å². The molecule has 2 N–H and O–H groups in total. The largest absolute Gasteiger partial charge is 0.343 e. The summed E-state index contributed by atoms with van der Waals surface area (Å²) in [6.45, 7) is 7.96. The molecule has 2 rings (SSSR count). The molecule has 0 unspecified atom stereocenters. The second-order valence-electron chi connectivity index (χ2n) is 5.21. The summed E-state index contributed by atoms with van der Waals surface area (Å²) >= 11 is 1.72. The maximum Gasteiger partial charge on any atom is 0.113 e. The van der Waals surface area contributed by atoms with E-state index >= 15 is 0 Å². The van der Waals surface area contributed by atoms with Crippen molar-refractivity contribution in [1.29, 1.82) is 0 Å². The lowest BCUT2D eigenvalue weighted by atomic mass is 9.93. The fraction of sp³-hybridized carbons (Fsp3) is 0.462. The summed E-state index contributed by atoms with van der Waals surface area (Å²) in [5.74, 6) is 0. The van der Waals surface area contributed by atoms with Crippen LogP contribution in [-0.4, -0.2) is 9.55 Å². The minimum Gasteiger partial charge on any atom is -0.343 e. The van der Waals surface area contributed by atoms with E-state index in [2.05, 4.69) is 48.0 Å². The predicted molar refractivity (Wildman–Crippen MR) is 72.2 cm³/mol. The van der Waals surface area contributed by atoms with Crippen LogP contribution < -0.4 is 5.73 Å². The van der Waals surface area contributed by atoms with Crippen molar-refractivity contribution in [2.45, 2.75) is 39.3 Å². The molecule has 0 fully saturated rings. The molecule has 0 amide bonds. The number of rotatable bonds is 3. The van der Waals surface area contributed by atoms with Crippen molar-refractivity contribution in [2.75, 3.05) is 0 Å². The van der Waals surface area contributed by atoms with Gasteiger partial charge in [0, 0.05) is 29.2 Å². The number of nitrogens with two attached hydrogens (primary N) is 1. The zero-order valence-electron chi connectivity index (χ0n) is 10.6.